The molecule has 14 heavy (non-hydrogen) atoms. The Morgan fingerprint density at radius 3 is 2.93 bits per heavy atom. The molecule has 1 unspecified atom stereocenters. The van der Waals surface area contributed by atoms with Crippen molar-refractivity contribution < 1.29 is 5.11 Å². The van der Waals surface area contributed by atoms with Gasteiger partial charge in [-0.25, -0.2) is 0 Å². The predicted octanol–water partition coefficient (Wildman–Crippen LogP) is 0.537. The molecule has 2 heterocycles. The fourth-order valence-corrected chi connectivity index (χ4v) is 2.76. The molecule has 2 saturated heterocycles. The first kappa shape index (κ1) is 10.4. The molecule has 0 amide bonds. The second-order valence-corrected chi connectivity index (χ2v) is 4.79. The molecule has 3 nitrogen and oxygen atoms in total. The predicted molar refractivity (Wildman–Crippen MR) is 57.3 cm³/mol. The van der Waals surface area contributed by atoms with Crippen molar-refractivity contribution in [2.45, 2.75) is 38.3 Å². The van der Waals surface area contributed by atoms with Crippen molar-refractivity contribution in [2.75, 3.05) is 32.7 Å². The first-order chi connectivity index (χ1) is 6.75. The van der Waals surface area contributed by atoms with Gasteiger partial charge in [-0.05, 0) is 26.3 Å². The first-order valence-electron chi connectivity index (χ1n) is 5.90. The van der Waals surface area contributed by atoms with Gasteiger partial charge in [0.25, 0.3) is 0 Å². The maximum Gasteiger partial charge on any atom is 0.0639 e. The Morgan fingerprint density at radius 1 is 1.29 bits per heavy atom. The highest BCUT2D eigenvalue weighted by atomic mass is 16.3. The lowest BCUT2D eigenvalue weighted by molar-refractivity contribution is 0.0275. The molecule has 0 aromatic rings. The highest BCUT2D eigenvalue weighted by Crippen LogP contribution is 2.20. The van der Waals surface area contributed by atoms with E-state index in [2.05, 4.69) is 9.80 Å². The molecule has 0 aromatic heterocycles. The number of hydrogen-bond donors (Lipinski definition) is 1. The highest BCUT2D eigenvalue weighted by Gasteiger charge is 2.28. The maximum absolute atomic E-state index is 9.35. The van der Waals surface area contributed by atoms with Crippen molar-refractivity contribution in [1.82, 2.24) is 9.80 Å². The third-order valence-electron chi connectivity index (χ3n) is 3.44. The normalized spacial score (nSPS) is 32.6. The number of nitrogens with zero attached hydrogens (tertiary/aromatic N) is 2. The summed E-state index contributed by atoms with van der Waals surface area (Å²) < 4.78 is 0. The van der Waals surface area contributed by atoms with Crippen LogP contribution in [-0.2, 0) is 0 Å². The standard InChI is InChI=1S/C11H22N2O/c1-10(14)8-12-6-7-13-5-3-2-4-11(13)9-12/h10-11,14H,2-9H2,1H3/t10-,11?/m0/s1. The molecule has 0 radical (unpaired) electrons. The minimum absolute atomic E-state index is 0.176. The van der Waals surface area contributed by atoms with Crippen molar-refractivity contribution in [3.05, 3.63) is 0 Å². The molecule has 3 heteroatoms. The van der Waals surface area contributed by atoms with Gasteiger partial charge in [0.05, 0.1) is 6.10 Å². The number of hydrogen-bond acceptors (Lipinski definition) is 3. The van der Waals surface area contributed by atoms with E-state index >= 15 is 0 Å². The monoisotopic (exact) mass is 198 g/mol. The lowest BCUT2D eigenvalue weighted by Crippen LogP contribution is -2.55. The average molecular weight is 198 g/mol. The van der Waals surface area contributed by atoms with Crippen LogP contribution in [0, 0.1) is 0 Å². The summed E-state index contributed by atoms with van der Waals surface area (Å²) in [6.45, 7) is 7.55. The summed E-state index contributed by atoms with van der Waals surface area (Å²) >= 11 is 0. The molecule has 2 fully saturated rings. The van der Waals surface area contributed by atoms with E-state index in [4.69, 9.17) is 0 Å². The highest BCUT2D eigenvalue weighted by molar-refractivity contribution is 4.85. The van der Waals surface area contributed by atoms with Crippen LogP contribution >= 0.6 is 0 Å². The van der Waals surface area contributed by atoms with Crippen molar-refractivity contribution in [1.29, 1.82) is 0 Å². The zero-order valence-corrected chi connectivity index (χ0v) is 9.15. The Morgan fingerprint density at radius 2 is 2.14 bits per heavy atom. The summed E-state index contributed by atoms with van der Waals surface area (Å²) in [7, 11) is 0. The van der Waals surface area contributed by atoms with Gasteiger partial charge in [-0.15, -0.1) is 0 Å². The van der Waals surface area contributed by atoms with Gasteiger partial charge >= 0.3 is 0 Å². The molecule has 2 aliphatic heterocycles. The molecule has 0 aliphatic carbocycles. The van der Waals surface area contributed by atoms with Gasteiger partial charge < -0.3 is 5.11 Å². The SMILES string of the molecule is C[C@H](O)CN1CCN2CCCCC2C1. The molecule has 82 valence electrons. The molecule has 0 aromatic carbocycles. The lowest BCUT2D eigenvalue weighted by atomic mass is 9.99. The van der Waals surface area contributed by atoms with Crippen LogP contribution in [0.15, 0.2) is 0 Å². The van der Waals surface area contributed by atoms with Crippen LogP contribution in [0.4, 0.5) is 0 Å². The number of aliphatic hydroxyl groups is 1. The molecular formula is C11H22N2O. The van der Waals surface area contributed by atoms with Gasteiger partial charge in [0, 0.05) is 32.2 Å². The van der Waals surface area contributed by atoms with E-state index in [-0.39, 0.29) is 6.10 Å². The van der Waals surface area contributed by atoms with Crippen LogP contribution in [0.2, 0.25) is 0 Å². The summed E-state index contributed by atoms with van der Waals surface area (Å²) in [6.07, 6.45) is 3.96. The summed E-state index contributed by atoms with van der Waals surface area (Å²) in [4.78, 5) is 5.04. The quantitative estimate of drug-likeness (QED) is 0.701. The molecule has 0 spiro atoms. The maximum atomic E-state index is 9.35. The lowest BCUT2D eigenvalue weighted by Gasteiger charge is -2.44. The molecule has 1 N–H and O–H groups in total. The fraction of sp³-hybridized carbons (Fsp3) is 1.00. The van der Waals surface area contributed by atoms with E-state index in [1.807, 2.05) is 6.92 Å². The van der Waals surface area contributed by atoms with Gasteiger partial charge in [0.15, 0.2) is 0 Å². The molecular weight excluding hydrogens is 176 g/mol. The zero-order chi connectivity index (χ0) is 9.97. The fourth-order valence-electron chi connectivity index (χ4n) is 2.76. The molecule has 2 atom stereocenters. The zero-order valence-electron chi connectivity index (χ0n) is 9.15. The van der Waals surface area contributed by atoms with E-state index in [1.54, 1.807) is 0 Å². The van der Waals surface area contributed by atoms with Crippen LogP contribution in [-0.4, -0.2) is 59.8 Å². The van der Waals surface area contributed by atoms with Crippen LogP contribution in [0.1, 0.15) is 26.2 Å². The van der Waals surface area contributed by atoms with Gasteiger partial charge in [0.1, 0.15) is 0 Å². The Hall–Kier alpha value is -0.120. The minimum atomic E-state index is -0.176. The Kier molecular flexibility index (Phi) is 3.42. The Labute approximate surface area is 86.7 Å². The molecule has 0 saturated carbocycles. The van der Waals surface area contributed by atoms with Crippen molar-refractivity contribution in [3.63, 3.8) is 0 Å². The third kappa shape index (κ3) is 2.47. The van der Waals surface area contributed by atoms with E-state index < -0.39 is 0 Å². The van der Waals surface area contributed by atoms with E-state index in [1.165, 1.54) is 38.9 Å². The van der Waals surface area contributed by atoms with Crippen LogP contribution in [0.3, 0.4) is 0 Å². The van der Waals surface area contributed by atoms with E-state index in [9.17, 15) is 5.11 Å². The molecule has 2 aliphatic rings. The van der Waals surface area contributed by atoms with Crippen LogP contribution in [0.25, 0.3) is 0 Å². The topological polar surface area (TPSA) is 26.7 Å². The van der Waals surface area contributed by atoms with Crippen molar-refractivity contribution in [2.24, 2.45) is 0 Å². The Balaban J connectivity index is 1.83. The second kappa shape index (κ2) is 4.60. The number of aliphatic hydroxyl groups excluding tert-OH is 1. The Bertz CT molecular complexity index is 184. The third-order valence-corrected chi connectivity index (χ3v) is 3.44. The van der Waals surface area contributed by atoms with E-state index in [0.29, 0.717) is 0 Å². The van der Waals surface area contributed by atoms with Gasteiger partial charge in [-0.3, -0.25) is 9.80 Å². The van der Waals surface area contributed by atoms with Crippen molar-refractivity contribution >= 4 is 0 Å². The summed E-state index contributed by atoms with van der Waals surface area (Å²) in [6, 6.07) is 0.774. The second-order valence-electron chi connectivity index (χ2n) is 4.79. The number of fused-ring (bicyclic) bond motifs is 1. The number of rotatable bonds is 2. The van der Waals surface area contributed by atoms with E-state index in [0.717, 1.165) is 19.1 Å². The largest absolute Gasteiger partial charge is 0.392 e. The number of piperidine rings is 1. The van der Waals surface area contributed by atoms with Gasteiger partial charge in [0.2, 0.25) is 0 Å². The summed E-state index contributed by atoms with van der Waals surface area (Å²) in [5.41, 5.74) is 0. The number of piperazine rings is 1. The molecule has 0 bridgehead atoms. The molecule has 2 rings (SSSR count). The first-order valence-corrected chi connectivity index (χ1v) is 5.90. The summed E-state index contributed by atoms with van der Waals surface area (Å²) in [5, 5.41) is 9.35. The summed E-state index contributed by atoms with van der Waals surface area (Å²) in [5.74, 6) is 0. The van der Waals surface area contributed by atoms with Gasteiger partial charge in [-0.1, -0.05) is 6.42 Å². The number of β-amino-alcohol motifs (C(OH)–C–C–N with tert-alkyl or cyclic N) is 1. The smallest absolute Gasteiger partial charge is 0.0639 e. The van der Waals surface area contributed by atoms with Gasteiger partial charge in [-0.2, -0.15) is 0 Å². The average Bonchev–Trinajstić information content (AvgIpc) is 2.17. The minimum Gasteiger partial charge on any atom is -0.392 e. The van der Waals surface area contributed by atoms with Crippen LogP contribution < -0.4 is 0 Å². The van der Waals surface area contributed by atoms with Crippen LogP contribution in [0.5, 0.6) is 0 Å². The van der Waals surface area contributed by atoms with Crippen molar-refractivity contribution in [3.8, 4) is 0 Å².